The minimum atomic E-state index is 0.923. The molecule has 16 bridgehead atoms. The molecule has 0 nitrogen and oxygen atoms in total. The summed E-state index contributed by atoms with van der Waals surface area (Å²) in [7, 11) is 0. The van der Waals surface area contributed by atoms with E-state index >= 15 is 0 Å². The monoisotopic (exact) mass is 664 g/mol. The molecule has 0 radical (unpaired) electrons. The van der Waals surface area contributed by atoms with Gasteiger partial charge in [0.05, 0.1) is 0 Å². The SMILES string of the molecule is c1cc2ccc1Cc1ccc(cc1)-c1ccc(cc1)Cc1ccc(cc1)-c1ccc(cc1)Cc1ccc(cc1)-c1ccc(cc1)Cc1ccc-2cc1. The number of benzene rings is 8. The lowest BCUT2D eigenvalue weighted by molar-refractivity contribution is 1.19. The van der Waals surface area contributed by atoms with Gasteiger partial charge in [-0.15, -0.1) is 0 Å². The second-order valence-electron chi connectivity index (χ2n) is 14.3. The fraction of sp³-hybridized carbons (Fsp3) is 0.0769. The highest BCUT2D eigenvalue weighted by Gasteiger charge is 2.07. The minimum Gasteiger partial charge on any atom is -0.0581 e. The number of rotatable bonds is 0. The van der Waals surface area contributed by atoms with Crippen molar-refractivity contribution in [2.24, 2.45) is 0 Å². The van der Waals surface area contributed by atoms with Crippen LogP contribution in [0.1, 0.15) is 44.5 Å². The van der Waals surface area contributed by atoms with Crippen LogP contribution in [0.3, 0.4) is 0 Å². The van der Waals surface area contributed by atoms with Gasteiger partial charge in [-0.3, -0.25) is 0 Å². The Hall–Kier alpha value is -6.24. The van der Waals surface area contributed by atoms with Crippen molar-refractivity contribution in [2.75, 3.05) is 0 Å². The highest BCUT2D eigenvalue weighted by atomic mass is 14.1. The Labute approximate surface area is 307 Å². The predicted molar refractivity (Wildman–Crippen MR) is 219 cm³/mol. The molecule has 0 atom stereocenters. The van der Waals surface area contributed by atoms with E-state index in [1.807, 2.05) is 0 Å². The molecular formula is C52H40. The van der Waals surface area contributed by atoms with Gasteiger partial charge in [-0.05, 0) is 115 Å². The maximum atomic E-state index is 2.27. The zero-order chi connectivity index (χ0) is 34.7. The molecule has 30 rings (SSSR count). The van der Waals surface area contributed by atoms with Crippen LogP contribution in [0.15, 0.2) is 194 Å². The molecular weight excluding hydrogens is 625 g/mol. The average Bonchev–Trinajstić information content (AvgIpc) is 3.20. The summed E-state index contributed by atoms with van der Waals surface area (Å²) in [4.78, 5) is 0. The Morgan fingerprint density at radius 1 is 0.135 bits per heavy atom. The van der Waals surface area contributed by atoms with E-state index in [2.05, 4.69) is 194 Å². The van der Waals surface area contributed by atoms with Crippen molar-refractivity contribution in [3.63, 3.8) is 0 Å². The van der Waals surface area contributed by atoms with Gasteiger partial charge in [-0.25, -0.2) is 0 Å². The summed E-state index contributed by atoms with van der Waals surface area (Å²) >= 11 is 0. The molecule has 0 saturated heterocycles. The van der Waals surface area contributed by atoms with Crippen molar-refractivity contribution in [1.82, 2.24) is 0 Å². The molecule has 0 aliphatic heterocycles. The first-order valence-electron chi connectivity index (χ1n) is 18.4. The average molecular weight is 665 g/mol. The molecule has 0 fully saturated rings. The van der Waals surface area contributed by atoms with Gasteiger partial charge in [-0.2, -0.15) is 0 Å². The highest BCUT2D eigenvalue weighted by Crippen LogP contribution is 2.28. The fourth-order valence-electron chi connectivity index (χ4n) is 7.46. The zero-order valence-electron chi connectivity index (χ0n) is 29.3. The van der Waals surface area contributed by atoms with Gasteiger partial charge >= 0.3 is 0 Å². The van der Waals surface area contributed by atoms with Crippen LogP contribution in [-0.2, 0) is 25.7 Å². The van der Waals surface area contributed by atoms with E-state index in [0.29, 0.717) is 0 Å². The van der Waals surface area contributed by atoms with Crippen molar-refractivity contribution in [2.45, 2.75) is 25.7 Å². The van der Waals surface area contributed by atoms with Crippen LogP contribution < -0.4 is 0 Å². The lowest BCUT2D eigenvalue weighted by Gasteiger charge is -2.10. The quantitative estimate of drug-likeness (QED) is 0.151. The molecule has 8 aromatic rings. The van der Waals surface area contributed by atoms with E-state index in [1.54, 1.807) is 0 Å². The van der Waals surface area contributed by atoms with E-state index in [0.717, 1.165) is 25.7 Å². The molecule has 248 valence electrons. The van der Waals surface area contributed by atoms with Crippen molar-refractivity contribution in [3.05, 3.63) is 239 Å². The summed E-state index contributed by atoms with van der Waals surface area (Å²) in [6, 6.07) is 72.4. The second-order valence-corrected chi connectivity index (χ2v) is 14.3. The van der Waals surface area contributed by atoms with Gasteiger partial charge < -0.3 is 0 Å². The van der Waals surface area contributed by atoms with Crippen LogP contribution in [0, 0.1) is 0 Å². The number of hydrogen-bond donors (Lipinski definition) is 0. The number of hydrogen-bond acceptors (Lipinski definition) is 0. The molecule has 22 aliphatic rings. The van der Waals surface area contributed by atoms with E-state index in [1.165, 1.54) is 89.0 Å². The van der Waals surface area contributed by atoms with Gasteiger partial charge in [0.15, 0.2) is 0 Å². The third-order valence-corrected chi connectivity index (χ3v) is 10.6. The molecule has 8 aromatic carbocycles. The van der Waals surface area contributed by atoms with Crippen LogP contribution >= 0.6 is 0 Å². The molecule has 0 amide bonds. The predicted octanol–water partition coefficient (Wildman–Crippen LogP) is 13.0. The molecule has 0 unspecified atom stereocenters. The molecule has 0 N–H and O–H groups in total. The molecule has 22 aliphatic carbocycles. The molecule has 0 heteroatoms. The Kier molecular flexibility index (Phi) is 8.65. The smallest absolute Gasteiger partial charge is 0.00258 e. The third kappa shape index (κ3) is 7.15. The van der Waals surface area contributed by atoms with Gasteiger partial charge in [-0.1, -0.05) is 194 Å². The van der Waals surface area contributed by atoms with Crippen LogP contribution in [0.5, 0.6) is 0 Å². The van der Waals surface area contributed by atoms with E-state index in [-0.39, 0.29) is 0 Å². The summed E-state index contributed by atoms with van der Waals surface area (Å²) in [6.07, 6.45) is 3.69. The van der Waals surface area contributed by atoms with Crippen LogP contribution in [-0.4, -0.2) is 0 Å². The van der Waals surface area contributed by atoms with Gasteiger partial charge in [0, 0.05) is 0 Å². The summed E-state index contributed by atoms with van der Waals surface area (Å²) in [5.41, 5.74) is 20.6. The molecule has 0 spiro atoms. The Balaban J connectivity index is 0.985. The second kappa shape index (κ2) is 14.2. The van der Waals surface area contributed by atoms with E-state index in [4.69, 9.17) is 0 Å². The molecule has 0 aromatic heterocycles. The summed E-state index contributed by atoms with van der Waals surface area (Å²) < 4.78 is 0. The Bertz CT molecular complexity index is 1860. The van der Waals surface area contributed by atoms with Crippen LogP contribution in [0.2, 0.25) is 0 Å². The first-order chi connectivity index (χ1) is 25.7. The van der Waals surface area contributed by atoms with Crippen molar-refractivity contribution in [3.8, 4) is 44.5 Å². The summed E-state index contributed by atoms with van der Waals surface area (Å²) in [5.74, 6) is 0. The normalized spacial score (nSPS) is 12.3. The van der Waals surface area contributed by atoms with Crippen LogP contribution in [0.4, 0.5) is 0 Å². The topological polar surface area (TPSA) is 0 Å². The van der Waals surface area contributed by atoms with Gasteiger partial charge in [0.25, 0.3) is 0 Å². The lowest BCUT2D eigenvalue weighted by atomic mass is 9.95. The summed E-state index contributed by atoms with van der Waals surface area (Å²) in [5, 5.41) is 0. The van der Waals surface area contributed by atoms with Crippen molar-refractivity contribution >= 4 is 0 Å². The first kappa shape index (κ1) is 31.7. The molecule has 0 heterocycles. The van der Waals surface area contributed by atoms with E-state index < -0.39 is 0 Å². The van der Waals surface area contributed by atoms with Gasteiger partial charge in [0.2, 0.25) is 0 Å². The Morgan fingerprint density at radius 2 is 0.231 bits per heavy atom. The summed E-state index contributed by atoms with van der Waals surface area (Å²) in [6.45, 7) is 0. The third-order valence-electron chi connectivity index (χ3n) is 10.6. The van der Waals surface area contributed by atoms with Crippen molar-refractivity contribution < 1.29 is 0 Å². The lowest BCUT2D eigenvalue weighted by Crippen LogP contribution is -1.91. The van der Waals surface area contributed by atoms with Crippen LogP contribution in [0.25, 0.3) is 44.5 Å². The molecule has 52 heavy (non-hydrogen) atoms. The fourth-order valence-corrected chi connectivity index (χ4v) is 7.46. The highest BCUT2D eigenvalue weighted by molar-refractivity contribution is 5.68. The largest absolute Gasteiger partial charge is 0.0581 e. The first-order valence-corrected chi connectivity index (χ1v) is 18.4. The Morgan fingerprint density at radius 3 is 0.327 bits per heavy atom. The van der Waals surface area contributed by atoms with Crippen molar-refractivity contribution in [1.29, 1.82) is 0 Å². The standard InChI is InChI=1S/C52H40/c1-17-45-18-2-37(1)33-38-3-21-47(22-4-38)48-23-7-41(8-24-48)35-42-11-29-51(30-12-42)52-31-15-44(16-32-52)36-43-13-27-50(28-14-43)49-25-9-40(10-26-49)34-39-5-19-46(45)20-6-39/h1-32H,33-36H2. The molecule has 0 saturated carbocycles. The maximum absolute atomic E-state index is 2.27. The van der Waals surface area contributed by atoms with E-state index in [9.17, 15) is 0 Å². The van der Waals surface area contributed by atoms with Gasteiger partial charge in [0.1, 0.15) is 0 Å². The zero-order valence-corrected chi connectivity index (χ0v) is 29.3. The minimum absolute atomic E-state index is 0.923. The maximum Gasteiger partial charge on any atom is -0.00258 e.